The van der Waals surface area contributed by atoms with Gasteiger partial charge in [-0.2, -0.15) is 0 Å². The topological polar surface area (TPSA) is 70.7 Å². The summed E-state index contributed by atoms with van der Waals surface area (Å²) in [4.78, 5) is 16.4. The number of carbonyl (C=O) groups is 1. The smallest absolute Gasteiger partial charge is 0.291 e. The van der Waals surface area contributed by atoms with Crippen LogP contribution in [-0.2, 0) is 6.42 Å². The number of hydrogen-bond donors (Lipinski definition) is 2. The maximum atomic E-state index is 12.2. The summed E-state index contributed by atoms with van der Waals surface area (Å²) in [5.41, 5.74) is 2.37. The predicted molar refractivity (Wildman–Crippen MR) is 80.1 cm³/mol. The van der Waals surface area contributed by atoms with E-state index in [1.807, 2.05) is 6.92 Å². The number of nitrogens with one attached hydrogen (secondary N) is 2. The van der Waals surface area contributed by atoms with Crippen LogP contribution < -0.4 is 5.32 Å². The molecule has 1 amide bonds. The molecule has 1 aliphatic rings. The van der Waals surface area contributed by atoms with Crippen molar-refractivity contribution in [1.82, 2.24) is 20.5 Å². The molecule has 0 aliphatic heterocycles. The second-order valence-corrected chi connectivity index (χ2v) is 5.61. The fourth-order valence-corrected chi connectivity index (χ4v) is 2.30. The van der Waals surface area contributed by atoms with Crippen LogP contribution in [0.4, 0.5) is 0 Å². The Kier molecular flexibility index (Phi) is 3.73. The van der Waals surface area contributed by atoms with Crippen LogP contribution in [0.5, 0.6) is 0 Å². The van der Waals surface area contributed by atoms with Gasteiger partial charge in [-0.3, -0.25) is 9.89 Å². The lowest BCUT2D eigenvalue weighted by atomic mass is 10.1. The number of rotatable bonds is 5. The third-order valence-electron chi connectivity index (χ3n) is 3.91. The molecular weight excluding hydrogens is 264 g/mol. The van der Waals surface area contributed by atoms with E-state index in [1.165, 1.54) is 5.56 Å². The number of nitrogens with zero attached hydrogens (tertiary/aromatic N) is 2. The van der Waals surface area contributed by atoms with Crippen LogP contribution in [0.3, 0.4) is 0 Å². The van der Waals surface area contributed by atoms with Crippen molar-refractivity contribution < 1.29 is 4.79 Å². The molecule has 0 radical (unpaired) electrons. The Hall–Kier alpha value is -2.17. The number of aryl methyl sites for hydroxylation is 1. The number of benzene rings is 1. The zero-order valence-electron chi connectivity index (χ0n) is 12.4. The van der Waals surface area contributed by atoms with Crippen molar-refractivity contribution in [2.75, 3.05) is 0 Å². The second-order valence-electron chi connectivity index (χ2n) is 5.61. The van der Waals surface area contributed by atoms with Crippen molar-refractivity contribution in [3.05, 3.63) is 47.0 Å². The number of H-pyrrole nitrogens is 1. The highest BCUT2D eigenvalue weighted by Crippen LogP contribution is 2.37. The van der Waals surface area contributed by atoms with Crippen molar-refractivity contribution in [3.63, 3.8) is 0 Å². The molecular formula is C16H20N4O. The Morgan fingerprint density at radius 3 is 2.71 bits per heavy atom. The fraction of sp³-hybridized carbons (Fsp3) is 0.438. The van der Waals surface area contributed by atoms with Gasteiger partial charge >= 0.3 is 0 Å². The van der Waals surface area contributed by atoms with E-state index in [1.54, 1.807) is 0 Å². The van der Waals surface area contributed by atoms with E-state index in [-0.39, 0.29) is 17.8 Å². The number of aromatic amines is 1. The second kappa shape index (κ2) is 5.68. The summed E-state index contributed by atoms with van der Waals surface area (Å²) in [5, 5.41) is 9.80. The first kappa shape index (κ1) is 13.8. The lowest BCUT2D eigenvalue weighted by molar-refractivity contribution is 0.0929. The normalized spacial score (nSPS) is 15.7. The van der Waals surface area contributed by atoms with Crippen molar-refractivity contribution in [2.24, 2.45) is 0 Å². The highest BCUT2D eigenvalue weighted by Gasteiger charge is 2.28. The third-order valence-corrected chi connectivity index (χ3v) is 3.91. The first-order valence-electron chi connectivity index (χ1n) is 7.49. The molecule has 1 aliphatic carbocycles. The molecule has 21 heavy (non-hydrogen) atoms. The van der Waals surface area contributed by atoms with Crippen molar-refractivity contribution in [1.29, 1.82) is 0 Å². The molecule has 1 atom stereocenters. The fourth-order valence-electron chi connectivity index (χ4n) is 2.30. The zero-order chi connectivity index (χ0) is 14.8. The zero-order valence-corrected chi connectivity index (χ0v) is 12.4. The SMILES string of the molecule is CCc1ccc(C(C)NC(=O)c2n[nH]c(C3CC3)n2)cc1. The summed E-state index contributed by atoms with van der Waals surface area (Å²) < 4.78 is 0. The van der Waals surface area contributed by atoms with Crippen LogP contribution >= 0.6 is 0 Å². The van der Waals surface area contributed by atoms with Crippen molar-refractivity contribution >= 4 is 5.91 Å². The third kappa shape index (κ3) is 3.12. The first-order valence-corrected chi connectivity index (χ1v) is 7.49. The Morgan fingerprint density at radius 2 is 2.10 bits per heavy atom. The molecule has 1 saturated carbocycles. The standard InChI is InChI=1S/C16H20N4O/c1-3-11-4-6-12(7-5-11)10(2)17-16(21)15-18-14(19-20-15)13-8-9-13/h4-7,10,13H,3,8-9H2,1-2H3,(H,17,21)(H,18,19,20). The van der Waals surface area contributed by atoms with E-state index in [0.29, 0.717) is 5.92 Å². The Balaban J connectivity index is 1.64. The molecule has 2 aromatic rings. The molecule has 5 heteroatoms. The van der Waals surface area contributed by atoms with Gasteiger partial charge in [0.15, 0.2) is 0 Å². The monoisotopic (exact) mass is 284 g/mol. The minimum Gasteiger partial charge on any atom is -0.343 e. The van der Waals surface area contributed by atoms with Gasteiger partial charge in [-0.25, -0.2) is 4.98 Å². The highest BCUT2D eigenvalue weighted by molar-refractivity contribution is 5.90. The Bertz CT molecular complexity index is 628. The number of amides is 1. The summed E-state index contributed by atoms with van der Waals surface area (Å²) in [6, 6.07) is 8.23. The van der Waals surface area contributed by atoms with Gasteiger partial charge in [-0.15, -0.1) is 5.10 Å². The van der Waals surface area contributed by atoms with Crippen LogP contribution in [0.1, 0.15) is 66.2 Å². The van der Waals surface area contributed by atoms with E-state index < -0.39 is 0 Å². The van der Waals surface area contributed by atoms with Crippen LogP contribution in [0.2, 0.25) is 0 Å². The maximum Gasteiger partial charge on any atom is 0.291 e. The molecule has 5 nitrogen and oxygen atoms in total. The number of carbonyl (C=O) groups excluding carboxylic acids is 1. The molecule has 1 unspecified atom stereocenters. The largest absolute Gasteiger partial charge is 0.343 e. The minimum atomic E-state index is -0.231. The lowest BCUT2D eigenvalue weighted by Gasteiger charge is -2.13. The quantitative estimate of drug-likeness (QED) is 0.887. The van der Waals surface area contributed by atoms with Gasteiger partial charge in [-0.05, 0) is 37.3 Å². The summed E-state index contributed by atoms with van der Waals surface area (Å²) in [5.74, 6) is 1.30. The molecule has 1 aromatic heterocycles. The van der Waals surface area contributed by atoms with Crippen LogP contribution in [0.15, 0.2) is 24.3 Å². The van der Waals surface area contributed by atoms with Crippen LogP contribution in [0.25, 0.3) is 0 Å². The Labute approximate surface area is 124 Å². The number of aromatic nitrogens is 3. The van der Waals surface area contributed by atoms with Crippen LogP contribution in [0, 0.1) is 0 Å². The molecule has 1 aromatic carbocycles. The minimum absolute atomic E-state index is 0.0636. The molecule has 3 rings (SSSR count). The van der Waals surface area contributed by atoms with Gasteiger partial charge in [0.05, 0.1) is 6.04 Å². The molecule has 0 bridgehead atoms. The molecule has 2 N–H and O–H groups in total. The van der Waals surface area contributed by atoms with E-state index in [9.17, 15) is 4.79 Å². The van der Waals surface area contributed by atoms with Gasteiger partial charge in [0.1, 0.15) is 5.82 Å². The first-order chi connectivity index (χ1) is 10.2. The summed E-state index contributed by atoms with van der Waals surface area (Å²) in [7, 11) is 0. The summed E-state index contributed by atoms with van der Waals surface area (Å²) in [6.07, 6.45) is 3.29. The molecule has 1 fully saturated rings. The van der Waals surface area contributed by atoms with Crippen molar-refractivity contribution in [3.8, 4) is 0 Å². The lowest BCUT2D eigenvalue weighted by Crippen LogP contribution is -2.27. The van der Waals surface area contributed by atoms with E-state index >= 15 is 0 Å². The van der Waals surface area contributed by atoms with Gasteiger partial charge in [-0.1, -0.05) is 31.2 Å². The number of hydrogen-bond acceptors (Lipinski definition) is 3. The summed E-state index contributed by atoms with van der Waals surface area (Å²) >= 11 is 0. The van der Waals surface area contributed by atoms with Gasteiger partial charge in [0.25, 0.3) is 5.91 Å². The highest BCUT2D eigenvalue weighted by atomic mass is 16.2. The van der Waals surface area contributed by atoms with Gasteiger partial charge < -0.3 is 5.32 Å². The molecule has 1 heterocycles. The Morgan fingerprint density at radius 1 is 1.38 bits per heavy atom. The molecule has 0 saturated heterocycles. The van der Waals surface area contributed by atoms with Gasteiger partial charge in [0.2, 0.25) is 5.82 Å². The van der Waals surface area contributed by atoms with E-state index in [4.69, 9.17) is 0 Å². The average Bonchev–Trinajstić information content (AvgIpc) is 3.24. The molecule has 110 valence electrons. The van der Waals surface area contributed by atoms with E-state index in [0.717, 1.165) is 30.7 Å². The average molecular weight is 284 g/mol. The van der Waals surface area contributed by atoms with E-state index in [2.05, 4.69) is 51.7 Å². The van der Waals surface area contributed by atoms with Gasteiger partial charge in [0, 0.05) is 5.92 Å². The van der Waals surface area contributed by atoms with Crippen LogP contribution in [-0.4, -0.2) is 21.1 Å². The maximum absolute atomic E-state index is 12.2. The van der Waals surface area contributed by atoms with Crippen molar-refractivity contribution in [2.45, 2.75) is 45.1 Å². The molecule has 0 spiro atoms. The predicted octanol–water partition coefficient (Wildman–Crippen LogP) is 2.74. The summed E-state index contributed by atoms with van der Waals surface area (Å²) in [6.45, 7) is 4.09.